The van der Waals surface area contributed by atoms with Gasteiger partial charge in [-0.05, 0) is 52.7 Å². The molecule has 0 unspecified atom stereocenters. The van der Waals surface area contributed by atoms with Crippen LogP contribution < -0.4 is 0 Å². The van der Waals surface area contributed by atoms with Gasteiger partial charge in [0.2, 0.25) is 0 Å². The van der Waals surface area contributed by atoms with Crippen LogP contribution in [0, 0.1) is 5.82 Å². The van der Waals surface area contributed by atoms with Gasteiger partial charge >= 0.3 is 0 Å². The molecule has 0 aromatic heterocycles. The van der Waals surface area contributed by atoms with Gasteiger partial charge in [0.15, 0.2) is 0 Å². The highest BCUT2D eigenvalue weighted by molar-refractivity contribution is 6.23. The van der Waals surface area contributed by atoms with Gasteiger partial charge in [-0.15, -0.1) is 11.6 Å². The Kier molecular flexibility index (Phi) is 4.37. The maximum Gasteiger partial charge on any atom is 0.128 e. The summed E-state index contributed by atoms with van der Waals surface area (Å²) in [6, 6.07) is 5.17. The van der Waals surface area contributed by atoms with Crippen LogP contribution in [0.3, 0.4) is 0 Å². The predicted molar refractivity (Wildman–Crippen MR) is 73.0 cm³/mol. The van der Waals surface area contributed by atoms with E-state index in [1.54, 1.807) is 6.07 Å². The van der Waals surface area contributed by atoms with Crippen molar-refractivity contribution in [3.05, 3.63) is 46.3 Å². The van der Waals surface area contributed by atoms with Crippen molar-refractivity contribution in [2.75, 3.05) is 0 Å². The highest BCUT2D eigenvalue weighted by atomic mass is 35.5. The Bertz CT molecular complexity index is 435. The van der Waals surface area contributed by atoms with Crippen LogP contribution in [0.5, 0.6) is 0 Å². The topological polar surface area (TPSA) is 0 Å². The van der Waals surface area contributed by atoms with E-state index in [1.807, 2.05) is 19.9 Å². The normalized spacial score (nSPS) is 11.5. The van der Waals surface area contributed by atoms with E-state index in [4.69, 9.17) is 11.6 Å². The molecule has 2 heteroatoms. The summed E-state index contributed by atoms with van der Waals surface area (Å²) in [6.45, 7) is 9.87. The zero-order valence-corrected chi connectivity index (χ0v) is 12.0. The molecule has 0 radical (unpaired) electrons. The first-order valence-corrected chi connectivity index (χ1v) is 6.21. The maximum atomic E-state index is 13.9. The molecule has 0 aliphatic carbocycles. The van der Waals surface area contributed by atoms with E-state index in [-0.39, 0.29) is 5.82 Å². The number of halogens is 2. The van der Waals surface area contributed by atoms with E-state index in [0.29, 0.717) is 5.56 Å². The summed E-state index contributed by atoms with van der Waals surface area (Å²) in [7, 11) is 0. The van der Waals surface area contributed by atoms with Crippen LogP contribution >= 0.6 is 11.6 Å². The Balaban J connectivity index is 3.26. The molecule has 1 aromatic rings. The summed E-state index contributed by atoms with van der Waals surface area (Å²) >= 11 is 6.28. The van der Waals surface area contributed by atoms with Crippen LogP contribution in [-0.2, 0) is 11.3 Å². The lowest BCUT2D eigenvalue weighted by Crippen LogP contribution is -2.14. The van der Waals surface area contributed by atoms with Crippen LogP contribution in [0.25, 0.3) is 0 Å². The molecule has 0 amide bonds. The Morgan fingerprint density at radius 3 is 2.29 bits per heavy atom. The molecule has 17 heavy (non-hydrogen) atoms. The van der Waals surface area contributed by atoms with Crippen molar-refractivity contribution in [1.29, 1.82) is 0 Å². The summed E-state index contributed by atoms with van der Waals surface area (Å²) in [5.41, 5.74) is 4.12. The van der Waals surface area contributed by atoms with Crippen molar-refractivity contribution in [1.82, 2.24) is 0 Å². The SMILES string of the molecule is CC(C)=C(C)Cc1cccc(F)c1C(C)(C)Cl. The van der Waals surface area contributed by atoms with Crippen molar-refractivity contribution in [3.63, 3.8) is 0 Å². The Labute approximate surface area is 108 Å². The molecule has 0 bridgehead atoms. The highest BCUT2D eigenvalue weighted by Crippen LogP contribution is 2.33. The molecule has 94 valence electrons. The molecular weight excluding hydrogens is 235 g/mol. The minimum atomic E-state index is -0.678. The third-order valence-electron chi connectivity index (χ3n) is 3.00. The van der Waals surface area contributed by atoms with Crippen LogP contribution in [0.15, 0.2) is 29.3 Å². The Hall–Kier alpha value is -0.820. The number of alkyl halides is 1. The molecule has 0 saturated heterocycles. The van der Waals surface area contributed by atoms with Gasteiger partial charge in [-0.3, -0.25) is 0 Å². The molecule has 0 saturated carbocycles. The van der Waals surface area contributed by atoms with E-state index >= 15 is 0 Å². The van der Waals surface area contributed by atoms with Crippen LogP contribution in [0.1, 0.15) is 45.7 Å². The van der Waals surface area contributed by atoms with Gasteiger partial charge in [0.05, 0.1) is 4.87 Å². The van der Waals surface area contributed by atoms with Gasteiger partial charge < -0.3 is 0 Å². The fourth-order valence-corrected chi connectivity index (χ4v) is 2.06. The van der Waals surface area contributed by atoms with Crippen LogP contribution in [0.4, 0.5) is 4.39 Å². The highest BCUT2D eigenvalue weighted by Gasteiger charge is 2.24. The monoisotopic (exact) mass is 254 g/mol. The van der Waals surface area contributed by atoms with Gasteiger partial charge in [-0.25, -0.2) is 4.39 Å². The van der Waals surface area contributed by atoms with E-state index in [2.05, 4.69) is 20.8 Å². The minimum Gasteiger partial charge on any atom is -0.207 e. The largest absolute Gasteiger partial charge is 0.207 e. The first-order chi connectivity index (χ1) is 7.73. The van der Waals surface area contributed by atoms with E-state index < -0.39 is 4.87 Å². The van der Waals surface area contributed by atoms with Gasteiger partial charge in [-0.1, -0.05) is 23.3 Å². The fourth-order valence-electron chi connectivity index (χ4n) is 1.84. The standard InChI is InChI=1S/C15H20ClF/c1-10(2)11(3)9-12-7-6-8-13(17)14(12)15(4,5)16/h6-8H,9H2,1-5H3. The molecule has 1 aromatic carbocycles. The molecule has 0 nitrogen and oxygen atoms in total. The third-order valence-corrected chi connectivity index (χ3v) is 3.19. The molecule has 0 aliphatic rings. The molecule has 0 aliphatic heterocycles. The van der Waals surface area contributed by atoms with Crippen LogP contribution in [0.2, 0.25) is 0 Å². The smallest absolute Gasteiger partial charge is 0.128 e. The van der Waals surface area contributed by atoms with Crippen LogP contribution in [-0.4, -0.2) is 0 Å². The van der Waals surface area contributed by atoms with E-state index in [9.17, 15) is 4.39 Å². The van der Waals surface area contributed by atoms with Gasteiger partial charge in [0, 0.05) is 5.56 Å². The zero-order chi connectivity index (χ0) is 13.2. The van der Waals surface area contributed by atoms with E-state index in [1.165, 1.54) is 17.2 Å². The zero-order valence-electron chi connectivity index (χ0n) is 11.2. The second-order valence-electron chi connectivity index (χ2n) is 5.20. The lowest BCUT2D eigenvalue weighted by Gasteiger charge is -2.21. The summed E-state index contributed by atoms with van der Waals surface area (Å²) < 4.78 is 13.9. The van der Waals surface area contributed by atoms with Gasteiger partial charge in [0.1, 0.15) is 5.82 Å². The number of rotatable bonds is 3. The number of hydrogen-bond acceptors (Lipinski definition) is 0. The lowest BCUT2D eigenvalue weighted by molar-refractivity contribution is 0.579. The fraction of sp³-hybridized carbons (Fsp3) is 0.467. The number of hydrogen-bond donors (Lipinski definition) is 0. The molecule has 0 spiro atoms. The van der Waals surface area contributed by atoms with Crippen molar-refractivity contribution >= 4 is 11.6 Å². The number of benzene rings is 1. The molecule has 0 heterocycles. The Morgan fingerprint density at radius 1 is 1.24 bits per heavy atom. The Morgan fingerprint density at radius 2 is 1.82 bits per heavy atom. The maximum absolute atomic E-state index is 13.9. The predicted octanol–water partition coefficient (Wildman–Crippen LogP) is 5.20. The molecule has 0 atom stereocenters. The third kappa shape index (κ3) is 3.57. The van der Waals surface area contributed by atoms with Crippen molar-refractivity contribution < 1.29 is 4.39 Å². The minimum absolute atomic E-state index is 0.218. The average molecular weight is 255 g/mol. The molecule has 1 rings (SSSR count). The molecular formula is C15H20ClF. The average Bonchev–Trinajstić information content (AvgIpc) is 2.15. The first-order valence-electron chi connectivity index (χ1n) is 5.83. The summed E-state index contributed by atoms with van der Waals surface area (Å²) in [5, 5.41) is 0. The van der Waals surface area contributed by atoms with Crippen molar-refractivity contribution in [3.8, 4) is 0 Å². The first kappa shape index (κ1) is 14.2. The summed E-state index contributed by atoms with van der Waals surface area (Å²) in [4.78, 5) is -0.678. The van der Waals surface area contributed by atoms with E-state index in [0.717, 1.165) is 12.0 Å². The molecule has 0 N–H and O–H groups in total. The summed E-state index contributed by atoms with van der Waals surface area (Å²) in [5.74, 6) is -0.218. The number of allylic oxidation sites excluding steroid dienone is 2. The lowest BCUT2D eigenvalue weighted by atomic mass is 9.91. The quantitative estimate of drug-likeness (QED) is 0.514. The molecule has 0 fully saturated rings. The second kappa shape index (κ2) is 5.22. The van der Waals surface area contributed by atoms with Crippen molar-refractivity contribution in [2.45, 2.75) is 45.9 Å². The second-order valence-corrected chi connectivity index (χ2v) is 6.15. The van der Waals surface area contributed by atoms with Gasteiger partial charge in [-0.2, -0.15) is 0 Å². The van der Waals surface area contributed by atoms with Crippen molar-refractivity contribution in [2.24, 2.45) is 0 Å². The summed E-state index contributed by atoms with van der Waals surface area (Å²) in [6.07, 6.45) is 0.756. The van der Waals surface area contributed by atoms with Gasteiger partial charge in [0.25, 0.3) is 0 Å².